The number of anilines is 1. The van der Waals surface area contributed by atoms with Gasteiger partial charge in [0, 0.05) is 30.9 Å². The van der Waals surface area contributed by atoms with Crippen LogP contribution in [0.4, 0.5) is 5.69 Å². The summed E-state index contributed by atoms with van der Waals surface area (Å²) in [6, 6.07) is 8.25. The smallest absolute Gasteiger partial charge is 0.253 e. The van der Waals surface area contributed by atoms with Crippen molar-refractivity contribution in [3.05, 3.63) is 29.8 Å². The van der Waals surface area contributed by atoms with Gasteiger partial charge in [-0.3, -0.25) is 4.79 Å². The molecule has 4 nitrogen and oxygen atoms in total. The lowest BCUT2D eigenvalue weighted by Gasteiger charge is -2.33. The van der Waals surface area contributed by atoms with Gasteiger partial charge < -0.3 is 16.0 Å². The molecule has 0 aliphatic carbocycles. The van der Waals surface area contributed by atoms with Crippen LogP contribution in [0.25, 0.3) is 0 Å². The standard InChI is InChI=1S/C15H23N3O/c1-11(2)17-15(19)13-5-3-4-6-14(13)18-9-7-12(16)8-10-18/h3-6,11-12H,7-10,16H2,1-2H3,(H,17,19). The largest absolute Gasteiger partial charge is 0.371 e. The molecule has 0 spiro atoms. The Balaban J connectivity index is 2.18. The predicted molar refractivity (Wildman–Crippen MR) is 78.5 cm³/mol. The molecule has 1 aliphatic rings. The molecule has 0 saturated carbocycles. The number of amides is 1. The van der Waals surface area contributed by atoms with Gasteiger partial charge in [-0.2, -0.15) is 0 Å². The number of para-hydroxylation sites is 1. The first-order chi connectivity index (χ1) is 9.08. The van der Waals surface area contributed by atoms with Gasteiger partial charge in [-0.25, -0.2) is 0 Å². The van der Waals surface area contributed by atoms with Gasteiger partial charge in [-0.1, -0.05) is 12.1 Å². The Morgan fingerprint density at radius 3 is 2.58 bits per heavy atom. The Morgan fingerprint density at radius 2 is 1.95 bits per heavy atom. The average molecular weight is 261 g/mol. The van der Waals surface area contributed by atoms with Crippen LogP contribution >= 0.6 is 0 Å². The fourth-order valence-corrected chi connectivity index (χ4v) is 2.42. The van der Waals surface area contributed by atoms with Crippen LogP contribution in [-0.4, -0.2) is 31.1 Å². The minimum absolute atomic E-state index is 0.000437. The van der Waals surface area contributed by atoms with Crippen LogP contribution in [0.5, 0.6) is 0 Å². The predicted octanol–water partition coefficient (Wildman–Crippen LogP) is 1.75. The number of piperidine rings is 1. The molecule has 1 fully saturated rings. The summed E-state index contributed by atoms with van der Waals surface area (Å²) in [5.41, 5.74) is 7.71. The summed E-state index contributed by atoms with van der Waals surface area (Å²) in [7, 11) is 0. The van der Waals surface area contributed by atoms with E-state index in [4.69, 9.17) is 5.73 Å². The Kier molecular flexibility index (Phi) is 4.43. The van der Waals surface area contributed by atoms with Crippen molar-refractivity contribution in [2.45, 2.75) is 38.8 Å². The highest BCUT2D eigenvalue weighted by atomic mass is 16.1. The number of carbonyl (C=O) groups excluding carboxylic acids is 1. The molecular formula is C15H23N3O. The van der Waals surface area contributed by atoms with Crippen LogP contribution in [-0.2, 0) is 0 Å². The highest BCUT2D eigenvalue weighted by Gasteiger charge is 2.20. The SMILES string of the molecule is CC(C)NC(=O)c1ccccc1N1CCC(N)CC1. The van der Waals surface area contributed by atoms with Gasteiger partial charge in [0.25, 0.3) is 5.91 Å². The van der Waals surface area contributed by atoms with Gasteiger partial charge in [0.05, 0.1) is 5.56 Å². The van der Waals surface area contributed by atoms with E-state index in [9.17, 15) is 4.79 Å². The molecule has 19 heavy (non-hydrogen) atoms. The van der Waals surface area contributed by atoms with E-state index in [0.29, 0.717) is 6.04 Å². The number of nitrogens with one attached hydrogen (secondary N) is 1. The molecule has 0 unspecified atom stereocenters. The second-order valence-electron chi connectivity index (χ2n) is 5.47. The zero-order valence-electron chi connectivity index (χ0n) is 11.7. The second kappa shape index (κ2) is 6.06. The Labute approximate surface area is 115 Å². The number of nitrogens with zero attached hydrogens (tertiary/aromatic N) is 1. The molecule has 1 aromatic carbocycles. The highest BCUT2D eigenvalue weighted by molar-refractivity contribution is 5.99. The molecule has 1 saturated heterocycles. The lowest BCUT2D eigenvalue weighted by Crippen LogP contribution is -2.41. The third-order valence-electron chi connectivity index (χ3n) is 3.45. The number of carbonyl (C=O) groups is 1. The quantitative estimate of drug-likeness (QED) is 0.871. The van der Waals surface area contributed by atoms with Gasteiger partial charge in [0.15, 0.2) is 0 Å². The lowest BCUT2D eigenvalue weighted by atomic mass is 10.0. The molecule has 104 valence electrons. The second-order valence-corrected chi connectivity index (χ2v) is 5.47. The molecule has 3 N–H and O–H groups in total. The van der Waals surface area contributed by atoms with Gasteiger partial charge in [-0.15, -0.1) is 0 Å². The lowest BCUT2D eigenvalue weighted by molar-refractivity contribution is 0.0943. The first kappa shape index (κ1) is 13.9. The van der Waals surface area contributed by atoms with Crippen molar-refractivity contribution < 1.29 is 4.79 Å². The number of hydrogen-bond donors (Lipinski definition) is 2. The summed E-state index contributed by atoms with van der Waals surface area (Å²) in [5, 5.41) is 2.96. The van der Waals surface area contributed by atoms with Crippen molar-refractivity contribution in [1.29, 1.82) is 0 Å². The molecule has 1 amide bonds. The molecule has 0 radical (unpaired) electrons. The van der Waals surface area contributed by atoms with Gasteiger partial charge in [0.1, 0.15) is 0 Å². The summed E-state index contributed by atoms with van der Waals surface area (Å²) >= 11 is 0. The van der Waals surface area contributed by atoms with Crippen molar-refractivity contribution in [3.63, 3.8) is 0 Å². The van der Waals surface area contributed by atoms with Crippen LogP contribution in [0.2, 0.25) is 0 Å². The summed E-state index contributed by atoms with van der Waals surface area (Å²) in [6.07, 6.45) is 1.97. The third kappa shape index (κ3) is 3.47. The van der Waals surface area contributed by atoms with Gasteiger partial charge in [0.2, 0.25) is 0 Å². The molecular weight excluding hydrogens is 238 g/mol. The Hall–Kier alpha value is -1.55. The van der Waals surface area contributed by atoms with Crippen LogP contribution in [0, 0.1) is 0 Å². The van der Waals surface area contributed by atoms with E-state index in [1.54, 1.807) is 0 Å². The first-order valence-corrected chi connectivity index (χ1v) is 6.98. The highest BCUT2D eigenvalue weighted by Crippen LogP contribution is 2.23. The van der Waals surface area contributed by atoms with Crippen molar-refractivity contribution in [1.82, 2.24) is 5.32 Å². The minimum atomic E-state index is 0.000437. The summed E-state index contributed by atoms with van der Waals surface area (Å²) in [4.78, 5) is 14.5. The molecule has 1 aliphatic heterocycles. The van der Waals surface area contributed by atoms with Crippen molar-refractivity contribution in [3.8, 4) is 0 Å². The van der Waals surface area contributed by atoms with Crippen LogP contribution in [0.1, 0.15) is 37.0 Å². The maximum Gasteiger partial charge on any atom is 0.253 e. The topological polar surface area (TPSA) is 58.4 Å². The van der Waals surface area contributed by atoms with Gasteiger partial charge in [-0.05, 0) is 38.8 Å². The van der Waals surface area contributed by atoms with Crippen molar-refractivity contribution in [2.75, 3.05) is 18.0 Å². The first-order valence-electron chi connectivity index (χ1n) is 6.98. The average Bonchev–Trinajstić information content (AvgIpc) is 2.39. The maximum absolute atomic E-state index is 12.2. The summed E-state index contributed by atoms with van der Waals surface area (Å²) in [6.45, 7) is 5.79. The molecule has 2 rings (SSSR count). The minimum Gasteiger partial charge on any atom is -0.371 e. The number of hydrogen-bond acceptors (Lipinski definition) is 3. The van der Waals surface area contributed by atoms with E-state index >= 15 is 0 Å². The third-order valence-corrected chi connectivity index (χ3v) is 3.45. The normalized spacial score (nSPS) is 16.7. The maximum atomic E-state index is 12.2. The number of nitrogens with two attached hydrogens (primary N) is 1. The monoisotopic (exact) mass is 261 g/mol. The van der Waals surface area contributed by atoms with Gasteiger partial charge >= 0.3 is 0 Å². The van der Waals surface area contributed by atoms with Crippen LogP contribution in [0.3, 0.4) is 0 Å². The zero-order chi connectivity index (χ0) is 13.8. The van der Waals surface area contributed by atoms with E-state index in [2.05, 4.69) is 10.2 Å². The molecule has 0 atom stereocenters. The fraction of sp³-hybridized carbons (Fsp3) is 0.533. The van der Waals surface area contributed by atoms with Crippen LogP contribution in [0.15, 0.2) is 24.3 Å². The van der Waals surface area contributed by atoms with E-state index in [-0.39, 0.29) is 11.9 Å². The summed E-state index contributed by atoms with van der Waals surface area (Å²) in [5.74, 6) is 0.000437. The molecule has 1 heterocycles. The number of benzene rings is 1. The van der Waals surface area contributed by atoms with Crippen LogP contribution < -0.4 is 16.0 Å². The number of rotatable bonds is 3. The Morgan fingerprint density at radius 1 is 1.32 bits per heavy atom. The van der Waals surface area contributed by atoms with Crippen molar-refractivity contribution in [2.24, 2.45) is 5.73 Å². The van der Waals surface area contributed by atoms with E-state index in [0.717, 1.165) is 37.2 Å². The summed E-state index contributed by atoms with van der Waals surface area (Å²) < 4.78 is 0. The van der Waals surface area contributed by atoms with E-state index in [1.165, 1.54) is 0 Å². The molecule has 1 aromatic rings. The molecule has 4 heteroatoms. The zero-order valence-corrected chi connectivity index (χ0v) is 11.7. The molecule has 0 aromatic heterocycles. The fourth-order valence-electron chi connectivity index (χ4n) is 2.42. The molecule has 0 bridgehead atoms. The van der Waals surface area contributed by atoms with Crippen molar-refractivity contribution >= 4 is 11.6 Å². The van der Waals surface area contributed by atoms with E-state index in [1.807, 2.05) is 38.1 Å². The van der Waals surface area contributed by atoms with E-state index < -0.39 is 0 Å². The Bertz CT molecular complexity index is 437.